The van der Waals surface area contributed by atoms with Gasteiger partial charge in [0.2, 0.25) is 0 Å². The number of hydrogen-bond donors (Lipinski definition) is 3. The third-order valence-electron chi connectivity index (χ3n) is 2.42. The van der Waals surface area contributed by atoms with Gasteiger partial charge in [0.05, 0.1) is 0 Å². The topological polar surface area (TPSA) is 77.8 Å². The molecule has 1 aromatic heterocycles. The molecule has 0 bridgehead atoms. The lowest BCUT2D eigenvalue weighted by molar-refractivity contribution is -0.146. The van der Waals surface area contributed by atoms with Gasteiger partial charge >= 0.3 is 5.97 Å². The van der Waals surface area contributed by atoms with Crippen molar-refractivity contribution in [1.82, 2.24) is 0 Å². The number of phenols is 1. The van der Waals surface area contributed by atoms with E-state index in [0.717, 1.165) is 4.70 Å². The van der Waals surface area contributed by atoms with Crippen LogP contribution in [0.25, 0.3) is 10.1 Å². The molecule has 3 N–H and O–H groups in total. The predicted molar refractivity (Wildman–Crippen MR) is 60.8 cm³/mol. The number of aliphatic carboxylic acids is 1. The Morgan fingerprint density at radius 2 is 2.12 bits per heavy atom. The highest BCUT2D eigenvalue weighted by Gasteiger charge is 2.24. The maximum absolute atomic E-state index is 10.8. The summed E-state index contributed by atoms with van der Waals surface area (Å²) in [5.74, 6) is -1.32. The van der Waals surface area contributed by atoms with Gasteiger partial charge in [0.1, 0.15) is 5.75 Å². The van der Waals surface area contributed by atoms with Gasteiger partial charge in [-0.1, -0.05) is 6.07 Å². The minimum atomic E-state index is -1.60. The number of aliphatic hydroxyl groups is 1. The largest absolute Gasteiger partial charge is 0.507 e. The van der Waals surface area contributed by atoms with Crippen molar-refractivity contribution in [3.8, 4) is 5.75 Å². The molecule has 0 amide bonds. The monoisotopic (exact) mass is 238 g/mol. The van der Waals surface area contributed by atoms with E-state index in [0.29, 0.717) is 10.3 Å². The van der Waals surface area contributed by atoms with Crippen molar-refractivity contribution in [1.29, 1.82) is 0 Å². The van der Waals surface area contributed by atoms with Crippen molar-refractivity contribution in [2.24, 2.45) is 0 Å². The second kappa shape index (κ2) is 3.77. The van der Waals surface area contributed by atoms with Gasteiger partial charge in [0.25, 0.3) is 0 Å². The maximum Gasteiger partial charge on any atom is 0.337 e. The third kappa shape index (κ3) is 1.54. The number of rotatable bonds is 2. The van der Waals surface area contributed by atoms with Gasteiger partial charge < -0.3 is 15.3 Å². The van der Waals surface area contributed by atoms with E-state index in [1.54, 1.807) is 19.1 Å². The number of aryl methyl sites for hydroxylation is 1. The number of carboxylic acid groups (broad SMARTS) is 1. The van der Waals surface area contributed by atoms with E-state index in [1.165, 1.54) is 17.4 Å². The average molecular weight is 238 g/mol. The van der Waals surface area contributed by atoms with Crippen LogP contribution in [0.15, 0.2) is 18.2 Å². The van der Waals surface area contributed by atoms with Crippen LogP contribution in [0.5, 0.6) is 5.75 Å². The molecule has 0 saturated heterocycles. The summed E-state index contributed by atoms with van der Waals surface area (Å²) in [6.45, 7) is 1.73. The molecule has 4 nitrogen and oxygen atoms in total. The summed E-state index contributed by atoms with van der Waals surface area (Å²) in [7, 11) is 0. The molecule has 0 fully saturated rings. The SMILES string of the molecule is Cc1sc2cccc(O)c2c1C(O)C(=O)O. The molecule has 0 aliphatic carbocycles. The molecular formula is C11H10O4S. The fourth-order valence-corrected chi connectivity index (χ4v) is 2.84. The molecule has 0 radical (unpaired) electrons. The lowest BCUT2D eigenvalue weighted by Gasteiger charge is -2.06. The molecule has 1 unspecified atom stereocenters. The Hall–Kier alpha value is -1.59. The molecule has 16 heavy (non-hydrogen) atoms. The van der Waals surface area contributed by atoms with Crippen LogP contribution in [0.2, 0.25) is 0 Å². The zero-order valence-corrected chi connectivity index (χ0v) is 9.28. The Kier molecular flexibility index (Phi) is 2.57. The summed E-state index contributed by atoms with van der Waals surface area (Å²) in [4.78, 5) is 11.5. The quantitative estimate of drug-likeness (QED) is 0.748. The number of fused-ring (bicyclic) bond motifs is 1. The van der Waals surface area contributed by atoms with Gasteiger partial charge in [-0.05, 0) is 19.1 Å². The maximum atomic E-state index is 10.8. The highest BCUT2D eigenvalue weighted by molar-refractivity contribution is 7.19. The Balaban J connectivity index is 2.77. The first-order valence-corrected chi connectivity index (χ1v) is 5.46. The molecule has 84 valence electrons. The first kappa shape index (κ1) is 10.9. The molecule has 0 aliphatic heterocycles. The normalized spacial score (nSPS) is 12.9. The fourth-order valence-electron chi connectivity index (χ4n) is 1.72. The summed E-state index contributed by atoms with van der Waals surface area (Å²) >= 11 is 1.36. The van der Waals surface area contributed by atoms with Gasteiger partial charge in [0, 0.05) is 20.5 Å². The number of benzene rings is 1. The van der Waals surface area contributed by atoms with Crippen LogP contribution in [-0.2, 0) is 4.79 Å². The van der Waals surface area contributed by atoms with E-state index in [1.807, 2.05) is 0 Å². The van der Waals surface area contributed by atoms with Gasteiger partial charge in [0.15, 0.2) is 6.10 Å². The van der Waals surface area contributed by atoms with Gasteiger partial charge in [-0.15, -0.1) is 11.3 Å². The molecule has 0 spiro atoms. The Morgan fingerprint density at radius 1 is 1.44 bits per heavy atom. The van der Waals surface area contributed by atoms with E-state index >= 15 is 0 Å². The predicted octanol–water partition coefficient (Wildman–Crippen LogP) is 2.03. The number of thiophene rings is 1. The highest BCUT2D eigenvalue weighted by Crippen LogP contribution is 2.39. The Morgan fingerprint density at radius 3 is 2.75 bits per heavy atom. The molecule has 5 heteroatoms. The summed E-state index contributed by atoms with van der Waals surface area (Å²) in [5, 5.41) is 28.5. The Labute approximate surface area is 95.4 Å². The smallest absolute Gasteiger partial charge is 0.337 e. The van der Waals surface area contributed by atoms with Gasteiger partial charge in [-0.25, -0.2) is 4.79 Å². The van der Waals surface area contributed by atoms with E-state index in [9.17, 15) is 15.0 Å². The molecule has 0 aliphatic rings. The third-order valence-corrected chi connectivity index (χ3v) is 3.51. The van der Waals surface area contributed by atoms with Crippen molar-refractivity contribution in [3.05, 3.63) is 28.6 Å². The standard InChI is InChI=1S/C11H10O4S/c1-5-8(10(13)11(14)15)9-6(12)3-2-4-7(9)16-5/h2-4,10,12-13H,1H3,(H,14,15). The second-order valence-electron chi connectivity index (χ2n) is 3.46. The van der Waals surface area contributed by atoms with E-state index in [2.05, 4.69) is 0 Å². The van der Waals surface area contributed by atoms with Crippen molar-refractivity contribution < 1.29 is 20.1 Å². The number of phenolic OH excluding ortho intramolecular Hbond substituents is 1. The first-order chi connectivity index (χ1) is 7.52. The zero-order chi connectivity index (χ0) is 11.9. The molecular weight excluding hydrogens is 228 g/mol. The van der Waals surface area contributed by atoms with Gasteiger partial charge in [-0.2, -0.15) is 0 Å². The number of hydrogen-bond acceptors (Lipinski definition) is 4. The minimum absolute atomic E-state index is 0.00264. The number of carbonyl (C=O) groups is 1. The van der Waals surface area contributed by atoms with Crippen molar-refractivity contribution in [2.75, 3.05) is 0 Å². The molecule has 1 heterocycles. The van der Waals surface area contributed by atoms with Gasteiger partial charge in [-0.3, -0.25) is 0 Å². The summed E-state index contributed by atoms with van der Waals surface area (Å²) in [5.41, 5.74) is 0.283. The fraction of sp³-hybridized carbons (Fsp3) is 0.182. The van der Waals surface area contributed by atoms with Crippen molar-refractivity contribution in [3.63, 3.8) is 0 Å². The number of aromatic hydroxyl groups is 1. The molecule has 0 saturated carbocycles. The van der Waals surface area contributed by atoms with Crippen LogP contribution in [0.4, 0.5) is 0 Å². The molecule has 2 rings (SSSR count). The van der Waals surface area contributed by atoms with Crippen molar-refractivity contribution >= 4 is 27.4 Å². The van der Waals surface area contributed by atoms with Crippen LogP contribution >= 0.6 is 11.3 Å². The highest BCUT2D eigenvalue weighted by atomic mass is 32.1. The summed E-state index contributed by atoms with van der Waals surface area (Å²) < 4.78 is 0.771. The Bertz CT molecular complexity index is 558. The molecule has 1 aromatic carbocycles. The first-order valence-electron chi connectivity index (χ1n) is 4.64. The van der Waals surface area contributed by atoms with Crippen LogP contribution in [0.3, 0.4) is 0 Å². The van der Waals surface area contributed by atoms with E-state index < -0.39 is 12.1 Å². The van der Waals surface area contributed by atoms with Crippen LogP contribution < -0.4 is 0 Å². The summed E-state index contributed by atoms with van der Waals surface area (Å²) in [6.07, 6.45) is -1.60. The lowest BCUT2D eigenvalue weighted by atomic mass is 10.0. The van der Waals surface area contributed by atoms with Crippen LogP contribution in [0, 0.1) is 6.92 Å². The van der Waals surface area contributed by atoms with Crippen LogP contribution in [0.1, 0.15) is 16.5 Å². The van der Waals surface area contributed by atoms with E-state index in [4.69, 9.17) is 5.11 Å². The average Bonchev–Trinajstić information content (AvgIpc) is 2.54. The van der Waals surface area contributed by atoms with Crippen molar-refractivity contribution in [2.45, 2.75) is 13.0 Å². The van der Waals surface area contributed by atoms with E-state index in [-0.39, 0.29) is 11.3 Å². The zero-order valence-electron chi connectivity index (χ0n) is 8.47. The number of aliphatic hydroxyl groups excluding tert-OH is 1. The minimum Gasteiger partial charge on any atom is -0.507 e. The molecule has 2 aromatic rings. The second-order valence-corrected chi connectivity index (χ2v) is 4.72. The van der Waals surface area contributed by atoms with Crippen LogP contribution in [-0.4, -0.2) is 21.3 Å². The molecule has 1 atom stereocenters. The number of carboxylic acids is 1. The summed E-state index contributed by atoms with van der Waals surface area (Å²) in [6, 6.07) is 4.95. The lowest BCUT2D eigenvalue weighted by Crippen LogP contribution is -2.10.